The van der Waals surface area contributed by atoms with E-state index in [0.717, 1.165) is 12.0 Å². The van der Waals surface area contributed by atoms with E-state index in [9.17, 15) is 8.42 Å². The third-order valence-electron chi connectivity index (χ3n) is 4.64. The van der Waals surface area contributed by atoms with Crippen molar-refractivity contribution in [2.24, 2.45) is 11.1 Å². The lowest BCUT2D eigenvalue weighted by Crippen LogP contribution is -2.27. The molecule has 0 fully saturated rings. The summed E-state index contributed by atoms with van der Waals surface area (Å²) in [5.74, 6) is 0.540. The number of nitrogens with one attached hydrogen (secondary N) is 1. The molecule has 5 heteroatoms. The van der Waals surface area contributed by atoms with Crippen LogP contribution in [0.25, 0.3) is 0 Å². The van der Waals surface area contributed by atoms with E-state index >= 15 is 0 Å². The highest BCUT2D eigenvalue weighted by molar-refractivity contribution is 7.89. The smallest absolute Gasteiger partial charge is 0.238 e. The Bertz CT molecular complexity index is 800. The number of fused-ring (bicyclic) bond motifs is 1. The maximum atomic E-state index is 11.3. The zero-order chi connectivity index (χ0) is 16.6. The van der Waals surface area contributed by atoms with Crippen LogP contribution in [0, 0.1) is 5.92 Å². The second-order valence-corrected chi connectivity index (χ2v) is 7.92. The Morgan fingerprint density at radius 1 is 1.13 bits per heavy atom. The molecule has 4 nitrogen and oxygen atoms in total. The monoisotopic (exact) mass is 330 g/mol. The fourth-order valence-corrected chi connectivity index (χ4v) is 3.88. The molecule has 1 aliphatic carbocycles. The predicted octanol–water partition coefficient (Wildman–Crippen LogP) is 2.92. The Morgan fingerprint density at radius 2 is 1.78 bits per heavy atom. The molecule has 3 atom stereocenters. The Balaban J connectivity index is 1.78. The van der Waals surface area contributed by atoms with Crippen LogP contribution in [-0.4, -0.2) is 8.42 Å². The lowest BCUT2D eigenvalue weighted by molar-refractivity contribution is 0.379. The van der Waals surface area contributed by atoms with Crippen molar-refractivity contribution >= 4 is 10.0 Å². The van der Waals surface area contributed by atoms with Gasteiger partial charge in [0.05, 0.1) is 4.90 Å². The molecule has 2 aromatic carbocycles. The number of primary sulfonamides is 1. The summed E-state index contributed by atoms with van der Waals surface area (Å²) in [6.07, 6.45) is 1.09. The minimum absolute atomic E-state index is 0.128. The van der Waals surface area contributed by atoms with Gasteiger partial charge >= 0.3 is 0 Å². The second kappa shape index (κ2) is 6.07. The molecule has 3 N–H and O–H groups in total. The first-order valence-electron chi connectivity index (χ1n) is 7.83. The molecule has 0 heterocycles. The van der Waals surface area contributed by atoms with Crippen molar-refractivity contribution in [2.75, 3.05) is 0 Å². The number of sulfonamides is 1. The summed E-state index contributed by atoms with van der Waals surface area (Å²) in [6.45, 7) is 4.36. The summed E-state index contributed by atoms with van der Waals surface area (Å²) in [5.41, 5.74) is 3.83. The van der Waals surface area contributed by atoms with E-state index in [1.165, 1.54) is 11.1 Å². The van der Waals surface area contributed by atoms with Crippen molar-refractivity contribution in [3.05, 3.63) is 65.2 Å². The molecule has 0 saturated heterocycles. The zero-order valence-corrected chi connectivity index (χ0v) is 14.2. The number of nitrogens with two attached hydrogens (primary N) is 1. The largest absolute Gasteiger partial charge is 0.303 e. The van der Waals surface area contributed by atoms with Gasteiger partial charge in [-0.05, 0) is 48.1 Å². The van der Waals surface area contributed by atoms with Gasteiger partial charge in [-0.1, -0.05) is 43.3 Å². The summed E-state index contributed by atoms with van der Waals surface area (Å²) in [4.78, 5) is 0.146. The van der Waals surface area contributed by atoms with E-state index in [2.05, 4.69) is 43.4 Å². The molecule has 23 heavy (non-hydrogen) atoms. The Morgan fingerprint density at radius 3 is 2.43 bits per heavy atom. The highest BCUT2D eigenvalue weighted by Gasteiger charge is 2.29. The van der Waals surface area contributed by atoms with Gasteiger partial charge in [-0.15, -0.1) is 0 Å². The minimum Gasteiger partial charge on any atom is -0.303 e. The van der Waals surface area contributed by atoms with Gasteiger partial charge in [0.1, 0.15) is 0 Å². The topological polar surface area (TPSA) is 72.2 Å². The van der Waals surface area contributed by atoms with Crippen molar-refractivity contribution in [1.29, 1.82) is 0 Å². The van der Waals surface area contributed by atoms with Crippen molar-refractivity contribution in [3.8, 4) is 0 Å². The Labute approximate surface area is 137 Å². The molecule has 0 aliphatic heterocycles. The highest BCUT2D eigenvalue weighted by Crippen LogP contribution is 2.37. The molecule has 0 aromatic heterocycles. The maximum absolute atomic E-state index is 11.3. The minimum atomic E-state index is -3.64. The van der Waals surface area contributed by atoms with E-state index in [1.54, 1.807) is 12.1 Å². The highest BCUT2D eigenvalue weighted by atomic mass is 32.2. The molecule has 0 radical (unpaired) electrons. The van der Waals surface area contributed by atoms with Gasteiger partial charge in [0.15, 0.2) is 0 Å². The van der Waals surface area contributed by atoms with E-state index in [4.69, 9.17) is 5.14 Å². The summed E-state index contributed by atoms with van der Waals surface area (Å²) in [7, 11) is -3.64. The summed E-state index contributed by atoms with van der Waals surface area (Å²) in [5, 5.41) is 8.82. The fraction of sp³-hybridized carbons (Fsp3) is 0.333. The van der Waals surface area contributed by atoms with Gasteiger partial charge in [-0.25, -0.2) is 13.6 Å². The zero-order valence-electron chi connectivity index (χ0n) is 13.4. The van der Waals surface area contributed by atoms with Gasteiger partial charge in [-0.2, -0.15) is 0 Å². The Kier molecular flexibility index (Phi) is 4.27. The van der Waals surface area contributed by atoms with Crippen LogP contribution in [0.15, 0.2) is 53.4 Å². The molecule has 1 aliphatic rings. The molecule has 122 valence electrons. The molecular formula is C18H22N2O2S. The second-order valence-electron chi connectivity index (χ2n) is 6.36. The van der Waals surface area contributed by atoms with E-state index < -0.39 is 10.0 Å². The first-order chi connectivity index (χ1) is 10.9. The van der Waals surface area contributed by atoms with Gasteiger partial charge in [0, 0.05) is 12.1 Å². The number of rotatable bonds is 4. The summed E-state index contributed by atoms with van der Waals surface area (Å²) < 4.78 is 22.7. The first-order valence-corrected chi connectivity index (χ1v) is 9.37. The third-order valence-corrected chi connectivity index (χ3v) is 5.57. The number of benzene rings is 2. The summed E-state index contributed by atoms with van der Waals surface area (Å²) in [6, 6.07) is 15.8. The third kappa shape index (κ3) is 3.32. The van der Waals surface area contributed by atoms with Crippen molar-refractivity contribution in [2.45, 2.75) is 37.2 Å². The Hall–Kier alpha value is -1.69. The fourth-order valence-electron chi connectivity index (χ4n) is 3.36. The van der Waals surface area contributed by atoms with Gasteiger partial charge in [0.2, 0.25) is 10.0 Å². The molecule has 3 unspecified atom stereocenters. The van der Waals surface area contributed by atoms with Crippen LogP contribution in [0.1, 0.15) is 42.6 Å². The molecule has 0 saturated carbocycles. The van der Waals surface area contributed by atoms with Crippen LogP contribution in [0.3, 0.4) is 0 Å². The first kappa shape index (κ1) is 16.2. The van der Waals surface area contributed by atoms with E-state index in [-0.39, 0.29) is 10.9 Å². The van der Waals surface area contributed by atoms with Crippen molar-refractivity contribution in [1.82, 2.24) is 5.32 Å². The van der Waals surface area contributed by atoms with Crippen LogP contribution >= 0.6 is 0 Å². The van der Waals surface area contributed by atoms with Gasteiger partial charge in [0.25, 0.3) is 0 Å². The van der Waals surface area contributed by atoms with Crippen molar-refractivity contribution < 1.29 is 8.42 Å². The van der Waals surface area contributed by atoms with Gasteiger partial charge in [-0.3, -0.25) is 0 Å². The van der Waals surface area contributed by atoms with Crippen LogP contribution in [-0.2, 0) is 16.4 Å². The number of hydrogen-bond acceptors (Lipinski definition) is 3. The molecular weight excluding hydrogens is 308 g/mol. The molecule has 2 aromatic rings. The van der Waals surface area contributed by atoms with Crippen molar-refractivity contribution in [3.63, 3.8) is 0 Å². The quantitative estimate of drug-likeness (QED) is 0.905. The predicted molar refractivity (Wildman–Crippen MR) is 91.4 cm³/mol. The van der Waals surface area contributed by atoms with Crippen LogP contribution < -0.4 is 10.5 Å². The molecule has 3 rings (SSSR count). The molecule has 0 spiro atoms. The van der Waals surface area contributed by atoms with E-state index in [0.29, 0.717) is 12.0 Å². The summed E-state index contributed by atoms with van der Waals surface area (Å²) >= 11 is 0. The SMILES string of the molecule is CC(NC1c2ccccc2CC1C)c1ccc(S(N)(=O)=O)cc1. The number of hydrogen-bond donors (Lipinski definition) is 2. The van der Waals surface area contributed by atoms with Gasteiger partial charge < -0.3 is 5.32 Å². The molecule has 0 bridgehead atoms. The van der Waals surface area contributed by atoms with Crippen LogP contribution in [0.2, 0.25) is 0 Å². The van der Waals surface area contributed by atoms with E-state index in [1.807, 2.05) is 12.1 Å². The standard InChI is InChI=1S/C18H22N2O2S/c1-12-11-15-5-3-4-6-17(15)18(12)20-13(2)14-7-9-16(10-8-14)23(19,21)22/h3-10,12-13,18,20H,11H2,1-2H3,(H2,19,21,22). The average Bonchev–Trinajstić information content (AvgIpc) is 2.82. The van der Waals surface area contributed by atoms with Crippen LogP contribution in [0.5, 0.6) is 0 Å². The lowest BCUT2D eigenvalue weighted by Gasteiger charge is -2.24. The van der Waals surface area contributed by atoms with Crippen LogP contribution in [0.4, 0.5) is 0 Å². The molecule has 0 amide bonds. The normalized spacial score (nSPS) is 21.9. The average molecular weight is 330 g/mol. The lowest BCUT2D eigenvalue weighted by atomic mass is 10.00. The maximum Gasteiger partial charge on any atom is 0.238 e.